The number of anilines is 1. The first kappa shape index (κ1) is 10.6. The zero-order chi connectivity index (χ0) is 10.7. The average molecular weight is 283 g/mol. The van der Waals surface area contributed by atoms with E-state index in [1.807, 2.05) is 12.3 Å². The normalized spacial score (nSPS) is 10.5. The van der Waals surface area contributed by atoms with Crippen LogP contribution in [0.4, 0.5) is 5.69 Å². The van der Waals surface area contributed by atoms with Gasteiger partial charge in [-0.25, -0.2) is 0 Å². The van der Waals surface area contributed by atoms with Crippen molar-refractivity contribution in [3.8, 4) is 0 Å². The number of pyridine rings is 1. The Balaban J connectivity index is 2.06. The second kappa shape index (κ2) is 4.77. The van der Waals surface area contributed by atoms with Crippen molar-refractivity contribution in [2.24, 2.45) is 0 Å². The predicted octanol–water partition coefficient (Wildman–Crippen LogP) is 3.27. The highest BCUT2D eigenvalue weighted by Crippen LogP contribution is 2.24. The van der Waals surface area contributed by atoms with Crippen molar-refractivity contribution in [2.45, 2.75) is 12.8 Å². The summed E-state index contributed by atoms with van der Waals surface area (Å²) in [4.78, 5) is 5.44. The molecule has 0 saturated carbocycles. The number of nitrogen functional groups attached to an aromatic ring is 1. The Bertz CT molecular complexity index is 453. The van der Waals surface area contributed by atoms with Crippen molar-refractivity contribution in [2.75, 3.05) is 5.73 Å². The molecule has 0 spiro atoms. The smallest absolute Gasteiger partial charge is 0.0377 e. The number of aromatic nitrogens is 1. The van der Waals surface area contributed by atoms with Crippen molar-refractivity contribution in [3.63, 3.8) is 0 Å². The lowest BCUT2D eigenvalue weighted by atomic mass is 10.1. The molecule has 0 aliphatic heterocycles. The van der Waals surface area contributed by atoms with Gasteiger partial charge < -0.3 is 5.73 Å². The fraction of sp³-hybridized carbons (Fsp3) is 0.182. The van der Waals surface area contributed by atoms with Gasteiger partial charge in [0.2, 0.25) is 0 Å². The Morgan fingerprint density at radius 3 is 2.87 bits per heavy atom. The average Bonchev–Trinajstić information content (AvgIpc) is 2.63. The number of hydrogen-bond acceptors (Lipinski definition) is 3. The quantitative estimate of drug-likeness (QED) is 0.939. The van der Waals surface area contributed by atoms with Gasteiger partial charge in [-0.1, -0.05) is 0 Å². The molecule has 0 unspecified atom stereocenters. The minimum atomic E-state index is 0.831. The first-order valence-corrected chi connectivity index (χ1v) is 6.35. The maximum Gasteiger partial charge on any atom is 0.0377 e. The first-order valence-electron chi connectivity index (χ1n) is 4.67. The van der Waals surface area contributed by atoms with Gasteiger partial charge in [0, 0.05) is 27.4 Å². The maximum atomic E-state index is 5.85. The lowest BCUT2D eigenvalue weighted by Gasteiger charge is -2.03. The molecule has 2 aromatic heterocycles. The molecular formula is C11H11BrN2S. The van der Waals surface area contributed by atoms with Gasteiger partial charge in [-0.2, -0.15) is 0 Å². The van der Waals surface area contributed by atoms with Crippen LogP contribution in [-0.4, -0.2) is 4.98 Å². The Kier molecular flexibility index (Phi) is 3.38. The predicted molar refractivity (Wildman–Crippen MR) is 68.1 cm³/mol. The van der Waals surface area contributed by atoms with Gasteiger partial charge >= 0.3 is 0 Å². The van der Waals surface area contributed by atoms with Gasteiger partial charge in [0.15, 0.2) is 0 Å². The van der Waals surface area contributed by atoms with Gasteiger partial charge in [0.1, 0.15) is 0 Å². The molecule has 2 heterocycles. The largest absolute Gasteiger partial charge is 0.398 e. The molecule has 0 aromatic carbocycles. The van der Waals surface area contributed by atoms with E-state index < -0.39 is 0 Å². The summed E-state index contributed by atoms with van der Waals surface area (Å²) in [5.41, 5.74) is 7.80. The number of thiophene rings is 1. The molecule has 0 aliphatic carbocycles. The van der Waals surface area contributed by atoms with Crippen molar-refractivity contribution >= 4 is 33.0 Å². The minimum Gasteiger partial charge on any atom is -0.398 e. The summed E-state index contributed by atoms with van der Waals surface area (Å²) in [6, 6.07) is 3.92. The third-order valence-corrected chi connectivity index (χ3v) is 4.24. The van der Waals surface area contributed by atoms with Crippen LogP contribution in [0.3, 0.4) is 0 Å². The lowest BCUT2D eigenvalue weighted by molar-refractivity contribution is 0.968. The van der Waals surface area contributed by atoms with Crippen LogP contribution < -0.4 is 5.73 Å². The molecule has 0 fully saturated rings. The summed E-state index contributed by atoms with van der Waals surface area (Å²) in [6.45, 7) is 0. The molecule has 0 radical (unpaired) electrons. The van der Waals surface area contributed by atoms with E-state index in [1.54, 1.807) is 17.5 Å². The number of nitrogens with two attached hydrogens (primary N) is 1. The molecule has 78 valence electrons. The van der Waals surface area contributed by atoms with E-state index in [-0.39, 0.29) is 0 Å². The third-order valence-electron chi connectivity index (χ3n) is 2.25. The van der Waals surface area contributed by atoms with Crippen molar-refractivity contribution < 1.29 is 0 Å². The summed E-state index contributed by atoms with van der Waals surface area (Å²) >= 11 is 5.29. The zero-order valence-electron chi connectivity index (χ0n) is 8.11. The Hall–Kier alpha value is -0.870. The molecule has 2 nitrogen and oxygen atoms in total. The Morgan fingerprint density at radius 2 is 2.20 bits per heavy atom. The van der Waals surface area contributed by atoms with E-state index in [1.165, 1.54) is 9.35 Å². The summed E-state index contributed by atoms with van der Waals surface area (Å²) in [7, 11) is 0. The zero-order valence-corrected chi connectivity index (χ0v) is 10.5. The third kappa shape index (κ3) is 2.58. The Morgan fingerprint density at radius 1 is 1.33 bits per heavy atom. The summed E-state index contributed by atoms with van der Waals surface area (Å²) in [5, 5.41) is 2.09. The van der Waals surface area contributed by atoms with Gasteiger partial charge in [-0.15, -0.1) is 11.3 Å². The monoisotopic (exact) mass is 282 g/mol. The van der Waals surface area contributed by atoms with Crippen LogP contribution in [-0.2, 0) is 12.8 Å². The summed E-state index contributed by atoms with van der Waals surface area (Å²) < 4.78 is 1.19. The van der Waals surface area contributed by atoms with E-state index >= 15 is 0 Å². The standard InChI is InChI=1S/C11H11BrN2S/c12-9-4-6-15-11(9)2-1-8-7-14-5-3-10(8)13/h3-7H,1-2H2,(H2,13,14). The summed E-state index contributed by atoms with van der Waals surface area (Å²) in [5.74, 6) is 0. The second-order valence-corrected chi connectivity index (χ2v) is 5.12. The Labute approximate surface area is 101 Å². The molecule has 4 heteroatoms. The molecule has 0 atom stereocenters. The van der Waals surface area contributed by atoms with Gasteiger partial charge in [0.25, 0.3) is 0 Å². The molecule has 0 bridgehead atoms. The number of hydrogen-bond donors (Lipinski definition) is 1. The van der Waals surface area contributed by atoms with Gasteiger partial charge in [-0.05, 0) is 51.8 Å². The van der Waals surface area contributed by atoms with Crippen LogP contribution in [0.25, 0.3) is 0 Å². The van der Waals surface area contributed by atoms with Crippen LogP contribution >= 0.6 is 27.3 Å². The highest BCUT2D eigenvalue weighted by molar-refractivity contribution is 9.10. The van der Waals surface area contributed by atoms with Crippen LogP contribution in [0.1, 0.15) is 10.4 Å². The van der Waals surface area contributed by atoms with Crippen LogP contribution in [0.2, 0.25) is 0 Å². The number of nitrogens with zero attached hydrogens (tertiary/aromatic N) is 1. The maximum absolute atomic E-state index is 5.85. The fourth-order valence-corrected chi connectivity index (χ4v) is 2.95. The van der Waals surface area contributed by atoms with E-state index in [9.17, 15) is 0 Å². The van der Waals surface area contributed by atoms with E-state index in [0.29, 0.717) is 0 Å². The van der Waals surface area contributed by atoms with Crippen molar-refractivity contribution in [3.05, 3.63) is 44.8 Å². The second-order valence-electron chi connectivity index (χ2n) is 3.27. The molecule has 2 aromatic rings. The van der Waals surface area contributed by atoms with Gasteiger partial charge in [0.05, 0.1) is 0 Å². The van der Waals surface area contributed by atoms with Crippen molar-refractivity contribution in [1.82, 2.24) is 4.98 Å². The van der Waals surface area contributed by atoms with Crippen LogP contribution in [0.5, 0.6) is 0 Å². The molecule has 0 aliphatic rings. The van der Waals surface area contributed by atoms with Crippen LogP contribution in [0.15, 0.2) is 34.4 Å². The number of halogens is 1. The van der Waals surface area contributed by atoms with Gasteiger partial charge in [-0.3, -0.25) is 4.98 Å². The van der Waals surface area contributed by atoms with Crippen molar-refractivity contribution in [1.29, 1.82) is 0 Å². The molecular weight excluding hydrogens is 272 g/mol. The lowest BCUT2D eigenvalue weighted by Crippen LogP contribution is -1.97. The van der Waals surface area contributed by atoms with E-state index in [2.05, 4.69) is 32.4 Å². The molecule has 0 saturated heterocycles. The number of rotatable bonds is 3. The topological polar surface area (TPSA) is 38.9 Å². The van der Waals surface area contributed by atoms with E-state index in [0.717, 1.165) is 24.1 Å². The minimum absolute atomic E-state index is 0.831. The highest BCUT2D eigenvalue weighted by Gasteiger charge is 2.03. The molecule has 2 N–H and O–H groups in total. The molecule has 15 heavy (non-hydrogen) atoms. The highest BCUT2D eigenvalue weighted by atomic mass is 79.9. The first-order chi connectivity index (χ1) is 7.27. The number of aryl methyl sites for hydroxylation is 2. The SMILES string of the molecule is Nc1ccncc1CCc1sccc1Br. The summed E-state index contributed by atoms with van der Waals surface area (Å²) in [6.07, 6.45) is 5.52. The van der Waals surface area contributed by atoms with E-state index in [4.69, 9.17) is 5.73 Å². The fourth-order valence-electron chi connectivity index (χ4n) is 1.40. The molecule has 0 amide bonds. The molecule has 2 rings (SSSR count). The van der Waals surface area contributed by atoms with Crippen LogP contribution in [0, 0.1) is 0 Å².